The van der Waals surface area contributed by atoms with Crippen LogP contribution in [0.4, 0.5) is 5.69 Å². The Balaban J connectivity index is 1.44. The van der Waals surface area contributed by atoms with E-state index in [1.807, 2.05) is 36.4 Å². The molecule has 0 saturated carbocycles. The van der Waals surface area contributed by atoms with Crippen LogP contribution < -0.4 is 5.32 Å². The number of amides is 1. The van der Waals surface area contributed by atoms with Crippen LogP contribution in [-0.4, -0.2) is 15.9 Å². The topological polar surface area (TPSA) is 54.9 Å². The summed E-state index contributed by atoms with van der Waals surface area (Å²) in [6.07, 6.45) is 5.28. The maximum absolute atomic E-state index is 12.7. The SMILES string of the molecule is O=C(Nc1ccc2c3c(cccc13)CC2)c1cnc(-c2ccccc2)nc1. The number of hydrogen-bond acceptors (Lipinski definition) is 3. The molecule has 0 aliphatic heterocycles. The van der Waals surface area contributed by atoms with Crippen molar-refractivity contribution in [3.05, 3.63) is 89.7 Å². The first-order valence-electron chi connectivity index (χ1n) is 9.02. The van der Waals surface area contributed by atoms with Crippen LogP contribution in [0.3, 0.4) is 0 Å². The molecule has 1 aromatic heterocycles. The fourth-order valence-electron chi connectivity index (χ4n) is 3.73. The van der Waals surface area contributed by atoms with E-state index < -0.39 is 0 Å². The van der Waals surface area contributed by atoms with E-state index in [0.717, 1.165) is 29.5 Å². The maximum Gasteiger partial charge on any atom is 0.258 e. The molecular formula is C23H17N3O. The molecule has 0 spiro atoms. The molecule has 1 aliphatic rings. The summed E-state index contributed by atoms with van der Waals surface area (Å²) in [5.74, 6) is 0.408. The molecule has 4 nitrogen and oxygen atoms in total. The zero-order valence-corrected chi connectivity index (χ0v) is 14.6. The first-order valence-corrected chi connectivity index (χ1v) is 9.02. The van der Waals surface area contributed by atoms with E-state index >= 15 is 0 Å². The molecule has 0 radical (unpaired) electrons. The van der Waals surface area contributed by atoms with Crippen molar-refractivity contribution in [1.29, 1.82) is 0 Å². The van der Waals surface area contributed by atoms with Crippen LogP contribution in [0.5, 0.6) is 0 Å². The van der Waals surface area contributed by atoms with Crippen molar-refractivity contribution in [2.75, 3.05) is 5.32 Å². The first kappa shape index (κ1) is 15.7. The molecule has 1 heterocycles. The van der Waals surface area contributed by atoms with Crippen molar-refractivity contribution >= 4 is 22.4 Å². The molecule has 5 rings (SSSR count). The smallest absolute Gasteiger partial charge is 0.258 e. The van der Waals surface area contributed by atoms with E-state index in [9.17, 15) is 4.79 Å². The van der Waals surface area contributed by atoms with Gasteiger partial charge in [0.15, 0.2) is 5.82 Å². The van der Waals surface area contributed by atoms with Gasteiger partial charge in [-0.05, 0) is 35.4 Å². The Hall–Kier alpha value is -3.53. The molecule has 0 unspecified atom stereocenters. The van der Waals surface area contributed by atoms with Crippen LogP contribution in [0.2, 0.25) is 0 Å². The molecule has 4 aromatic rings. The van der Waals surface area contributed by atoms with Gasteiger partial charge < -0.3 is 5.32 Å². The standard InChI is InChI=1S/C23H17N3O/c27-23(18-13-24-22(25-14-18)17-5-2-1-3-6-17)26-20-12-11-16-10-9-15-7-4-8-19(20)21(15)16/h1-8,11-14H,9-10H2,(H,26,27). The lowest BCUT2D eigenvalue weighted by Gasteiger charge is -2.10. The van der Waals surface area contributed by atoms with Crippen LogP contribution in [0, 0.1) is 0 Å². The first-order chi connectivity index (χ1) is 13.3. The summed E-state index contributed by atoms with van der Waals surface area (Å²) in [6, 6.07) is 20.1. The van der Waals surface area contributed by atoms with E-state index in [0.29, 0.717) is 11.4 Å². The number of nitrogens with zero attached hydrogens (tertiary/aromatic N) is 2. The molecule has 3 aromatic carbocycles. The van der Waals surface area contributed by atoms with Gasteiger partial charge in [-0.3, -0.25) is 4.79 Å². The van der Waals surface area contributed by atoms with Crippen LogP contribution in [0.25, 0.3) is 22.2 Å². The van der Waals surface area contributed by atoms with Gasteiger partial charge >= 0.3 is 0 Å². The Morgan fingerprint density at radius 2 is 1.56 bits per heavy atom. The van der Waals surface area contributed by atoms with Crippen molar-refractivity contribution in [2.45, 2.75) is 12.8 Å². The normalized spacial score (nSPS) is 12.3. The van der Waals surface area contributed by atoms with Crippen molar-refractivity contribution < 1.29 is 4.79 Å². The number of aromatic nitrogens is 2. The van der Waals surface area contributed by atoms with Gasteiger partial charge in [0, 0.05) is 29.0 Å². The zero-order valence-electron chi connectivity index (χ0n) is 14.6. The van der Waals surface area contributed by atoms with E-state index in [4.69, 9.17) is 0 Å². The minimum Gasteiger partial charge on any atom is -0.321 e. The Morgan fingerprint density at radius 3 is 2.33 bits per heavy atom. The van der Waals surface area contributed by atoms with Crippen molar-refractivity contribution in [1.82, 2.24) is 9.97 Å². The highest BCUT2D eigenvalue weighted by Crippen LogP contribution is 2.35. The lowest BCUT2D eigenvalue weighted by atomic mass is 10.0. The number of carbonyl (C=O) groups is 1. The predicted octanol–water partition coefficient (Wildman–Crippen LogP) is 4.65. The van der Waals surface area contributed by atoms with Gasteiger partial charge in [0.2, 0.25) is 0 Å². The van der Waals surface area contributed by atoms with Crippen LogP contribution in [0.1, 0.15) is 21.5 Å². The van der Waals surface area contributed by atoms with Gasteiger partial charge in [0.25, 0.3) is 5.91 Å². The molecule has 27 heavy (non-hydrogen) atoms. The second-order valence-electron chi connectivity index (χ2n) is 6.73. The van der Waals surface area contributed by atoms with Crippen molar-refractivity contribution in [3.63, 3.8) is 0 Å². The second kappa shape index (κ2) is 6.32. The van der Waals surface area contributed by atoms with Gasteiger partial charge in [0.05, 0.1) is 5.56 Å². The predicted molar refractivity (Wildman–Crippen MR) is 107 cm³/mol. The minimum absolute atomic E-state index is 0.201. The van der Waals surface area contributed by atoms with Crippen LogP contribution in [-0.2, 0) is 12.8 Å². The molecular weight excluding hydrogens is 334 g/mol. The molecule has 4 heteroatoms. The van der Waals surface area contributed by atoms with E-state index in [1.54, 1.807) is 12.4 Å². The van der Waals surface area contributed by atoms with Crippen molar-refractivity contribution in [3.8, 4) is 11.4 Å². The third-order valence-electron chi connectivity index (χ3n) is 5.07. The minimum atomic E-state index is -0.201. The number of hydrogen-bond donors (Lipinski definition) is 1. The highest BCUT2D eigenvalue weighted by molar-refractivity contribution is 6.10. The second-order valence-corrected chi connectivity index (χ2v) is 6.73. The summed E-state index contributed by atoms with van der Waals surface area (Å²) < 4.78 is 0. The molecule has 0 atom stereocenters. The van der Waals surface area contributed by atoms with Crippen molar-refractivity contribution in [2.24, 2.45) is 0 Å². The van der Waals surface area contributed by atoms with Gasteiger partial charge in [-0.25, -0.2) is 9.97 Å². The number of nitrogens with one attached hydrogen (secondary N) is 1. The Kier molecular flexibility index (Phi) is 3.68. The Labute approximate surface area is 156 Å². The van der Waals surface area contributed by atoms with E-state index in [-0.39, 0.29) is 5.91 Å². The molecule has 1 amide bonds. The third kappa shape index (κ3) is 2.75. The lowest BCUT2D eigenvalue weighted by Crippen LogP contribution is -2.13. The average Bonchev–Trinajstić information content (AvgIpc) is 3.15. The maximum atomic E-state index is 12.7. The zero-order chi connectivity index (χ0) is 18.2. The molecule has 0 saturated heterocycles. The lowest BCUT2D eigenvalue weighted by molar-refractivity contribution is 0.102. The molecule has 1 aliphatic carbocycles. The Bertz CT molecular complexity index is 1140. The van der Waals surface area contributed by atoms with Gasteiger partial charge in [-0.1, -0.05) is 54.6 Å². The summed E-state index contributed by atoms with van der Waals surface area (Å²) >= 11 is 0. The fourth-order valence-corrected chi connectivity index (χ4v) is 3.73. The average molecular weight is 351 g/mol. The third-order valence-corrected chi connectivity index (χ3v) is 5.07. The fraction of sp³-hybridized carbons (Fsp3) is 0.0870. The Morgan fingerprint density at radius 1 is 0.815 bits per heavy atom. The number of anilines is 1. The largest absolute Gasteiger partial charge is 0.321 e. The number of rotatable bonds is 3. The quantitative estimate of drug-likeness (QED) is 0.585. The van der Waals surface area contributed by atoms with Gasteiger partial charge in [-0.15, -0.1) is 0 Å². The summed E-state index contributed by atoms with van der Waals surface area (Å²) in [5, 5.41) is 5.40. The number of aryl methyl sites for hydroxylation is 2. The summed E-state index contributed by atoms with van der Waals surface area (Å²) in [6.45, 7) is 0. The van der Waals surface area contributed by atoms with Crippen LogP contribution in [0.15, 0.2) is 73.1 Å². The van der Waals surface area contributed by atoms with Crippen LogP contribution >= 0.6 is 0 Å². The van der Waals surface area contributed by atoms with E-state index in [2.05, 4.69) is 39.6 Å². The molecule has 0 bridgehead atoms. The summed E-state index contributed by atoms with van der Waals surface area (Å²) in [5.41, 5.74) is 4.91. The summed E-state index contributed by atoms with van der Waals surface area (Å²) in [4.78, 5) is 21.4. The monoisotopic (exact) mass is 351 g/mol. The molecule has 130 valence electrons. The number of benzene rings is 3. The highest BCUT2D eigenvalue weighted by atomic mass is 16.1. The summed E-state index contributed by atoms with van der Waals surface area (Å²) in [7, 11) is 0. The van der Waals surface area contributed by atoms with E-state index in [1.165, 1.54) is 16.5 Å². The number of carbonyl (C=O) groups excluding carboxylic acids is 1. The molecule has 0 fully saturated rings. The highest BCUT2D eigenvalue weighted by Gasteiger charge is 2.17. The van der Waals surface area contributed by atoms with Gasteiger partial charge in [-0.2, -0.15) is 0 Å². The van der Waals surface area contributed by atoms with Gasteiger partial charge in [0.1, 0.15) is 0 Å². The molecule has 1 N–H and O–H groups in total.